The minimum atomic E-state index is -0.820. The molecular formula is C12H10FN3O3. The summed E-state index contributed by atoms with van der Waals surface area (Å²) in [6.45, 7) is 0.313. The van der Waals surface area contributed by atoms with E-state index in [1.165, 1.54) is 18.3 Å². The lowest BCUT2D eigenvalue weighted by molar-refractivity contribution is -0.385. The van der Waals surface area contributed by atoms with E-state index in [1.807, 2.05) is 0 Å². The number of nitro groups is 1. The van der Waals surface area contributed by atoms with E-state index in [0.29, 0.717) is 6.54 Å². The second kappa shape index (κ2) is 5.40. The van der Waals surface area contributed by atoms with Gasteiger partial charge in [-0.25, -0.2) is 9.37 Å². The number of halogens is 1. The number of para-hydroxylation sites is 1. The van der Waals surface area contributed by atoms with E-state index in [2.05, 4.69) is 4.98 Å². The van der Waals surface area contributed by atoms with Gasteiger partial charge < -0.3 is 10.5 Å². The van der Waals surface area contributed by atoms with Gasteiger partial charge in [0.25, 0.3) is 0 Å². The van der Waals surface area contributed by atoms with Crippen molar-refractivity contribution < 1.29 is 14.1 Å². The molecule has 2 rings (SSSR count). The summed E-state index contributed by atoms with van der Waals surface area (Å²) in [7, 11) is 0. The highest BCUT2D eigenvalue weighted by molar-refractivity contribution is 5.48. The summed E-state index contributed by atoms with van der Waals surface area (Å²) in [4.78, 5) is 14.0. The molecule has 0 amide bonds. The summed E-state index contributed by atoms with van der Waals surface area (Å²) < 4.78 is 18.7. The molecule has 0 aliphatic carbocycles. The molecule has 0 aliphatic heterocycles. The molecule has 2 aromatic rings. The molecule has 2 N–H and O–H groups in total. The SMILES string of the molecule is NCc1ccc(Oc2c(F)cccc2[N+](=O)[O-])nc1. The Morgan fingerprint density at radius 3 is 2.74 bits per heavy atom. The van der Waals surface area contributed by atoms with Crippen LogP contribution in [0, 0.1) is 15.9 Å². The number of nitrogens with two attached hydrogens (primary N) is 1. The lowest BCUT2D eigenvalue weighted by Gasteiger charge is -2.06. The average Bonchev–Trinajstić information content (AvgIpc) is 2.41. The first-order valence-corrected chi connectivity index (χ1v) is 5.37. The Labute approximate surface area is 107 Å². The maximum absolute atomic E-state index is 13.6. The zero-order chi connectivity index (χ0) is 13.8. The number of nitro benzene ring substituents is 1. The van der Waals surface area contributed by atoms with Crippen LogP contribution in [0.15, 0.2) is 36.5 Å². The molecule has 0 saturated heterocycles. The van der Waals surface area contributed by atoms with Crippen molar-refractivity contribution in [3.8, 4) is 11.6 Å². The van der Waals surface area contributed by atoms with Crippen LogP contribution >= 0.6 is 0 Å². The molecule has 0 unspecified atom stereocenters. The fourth-order valence-electron chi connectivity index (χ4n) is 1.44. The van der Waals surface area contributed by atoms with Crippen LogP contribution in [0.2, 0.25) is 0 Å². The average molecular weight is 263 g/mol. The van der Waals surface area contributed by atoms with Crippen molar-refractivity contribution in [2.75, 3.05) is 0 Å². The number of pyridine rings is 1. The third-order valence-electron chi connectivity index (χ3n) is 2.38. The molecule has 1 aromatic heterocycles. The van der Waals surface area contributed by atoms with Gasteiger partial charge in [0.1, 0.15) is 0 Å². The number of ether oxygens (including phenoxy) is 1. The van der Waals surface area contributed by atoms with Gasteiger partial charge >= 0.3 is 5.69 Å². The van der Waals surface area contributed by atoms with Gasteiger partial charge in [0.2, 0.25) is 11.6 Å². The van der Waals surface area contributed by atoms with Gasteiger partial charge in [-0.05, 0) is 11.6 Å². The van der Waals surface area contributed by atoms with Gasteiger partial charge in [0, 0.05) is 24.9 Å². The predicted molar refractivity (Wildman–Crippen MR) is 65.3 cm³/mol. The van der Waals surface area contributed by atoms with Crippen LogP contribution in [-0.4, -0.2) is 9.91 Å². The molecule has 0 spiro atoms. The van der Waals surface area contributed by atoms with Gasteiger partial charge in [0.05, 0.1) is 4.92 Å². The maximum atomic E-state index is 13.6. The van der Waals surface area contributed by atoms with Gasteiger partial charge in [-0.2, -0.15) is 0 Å². The predicted octanol–water partition coefficient (Wildman–Crippen LogP) is 2.38. The van der Waals surface area contributed by atoms with E-state index in [-0.39, 0.29) is 5.88 Å². The molecule has 98 valence electrons. The molecule has 0 atom stereocenters. The van der Waals surface area contributed by atoms with E-state index in [4.69, 9.17) is 10.5 Å². The Bertz CT molecular complexity index is 602. The van der Waals surface area contributed by atoms with Crippen LogP contribution in [0.5, 0.6) is 11.6 Å². The number of hydrogen-bond donors (Lipinski definition) is 1. The molecule has 7 heteroatoms. The third-order valence-corrected chi connectivity index (χ3v) is 2.38. The first-order valence-electron chi connectivity index (χ1n) is 5.37. The fourth-order valence-corrected chi connectivity index (χ4v) is 1.44. The number of rotatable bonds is 4. The smallest absolute Gasteiger partial charge is 0.314 e. The molecule has 0 bridgehead atoms. The van der Waals surface area contributed by atoms with Crippen molar-refractivity contribution in [1.29, 1.82) is 0 Å². The summed E-state index contributed by atoms with van der Waals surface area (Å²) in [5.41, 5.74) is 5.73. The van der Waals surface area contributed by atoms with Crippen LogP contribution in [-0.2, 0) is 6.54 Å². The number of aromatic nitrogens is 1. The molecular weight excluding hydrogens is 253 g/mol. The normalized spacial score (nSPS) is 10.2. The van der Waals surface area contributed by atoms with Crippen LogP contribution < -0.4 is 10.5 Å². The molecule has 1 heterocycles. The Balaban J connectivity index is 2.34. The molecule has 6 nitrogen and oxygen atoms in total. The zero-order valence-corrected chi connectivity index (χ0v) is 9.75. The van der Waals surface area contributed by atoms with E-state index in [1.54, 1.807) is 6.07 Å². The summed E-state index contributed by atoms with van der Waals surface area (Å²) in [5.74, 6) is -1.22. The summed E-state index contributed by atoms with van der Waals surface area (Å²) >= 11 is 0. The lowest BCUT2D eigenvalue weighted by Crippen LogP contribution is -1.99. The number of benzene rings is 1. The second-order valence-electron chi connectivity index (χ2n) is 3.66. The van der Waals surface area contributed by atoms with E-state index in [0.717, 1.165) is 17.7 Å². The first-order chi connectivity index (χ1) is 9.11. The Hall–Kier alpha value is -2.54. The molecule has 19 heavy (non-hydrogen) atoms. The maximum Gasteiger partial charge on any atom is 0.314 e. The standard InChI is InChI=1S/C12H10FN3O3/c13-9-2-1-3-10(16(17)18)12(9)19-11-5-4-8(6-14)7-15-11/h1-5,7H,6,14H2. The summed E-state index contributed by atoms with van der Waals surface area (Å²) in [5, 5.41) is 10.8. The molecule has 0 radical (unpaired) electrons. The van der Waals surface area contributed by atoms with Crippen LogP contribution in [0.3, 0.4) is 0 Å². The second-order valence-corrected chi connectivity index (χ2v) is 3.66. The van der Waals surface area contributed by atoms with Crippen molar-refractivity contribution in [2.45, 2.75) is 6.54 Å². The summed E-state index contributed by atoms with van der Waals surface area (Å²) in [6.07, 6.45) is 1.46. The Morgan fingerprint density at radius 2 is 2.16 bits per heavy atom. The van der Waals surface area contributed by atoms with Gasteiger partial charge in [-0.15, -0.1) is 0 Å². The molecule has 0 aliphatic rings. The van der Waals surface area contributed by atoms with E-state index < -0.39 is 22.2 Å². The van der Waals surface area contributed by atoms with Crippen molar-refractivity contribution >= 4 is 5.69 Å². The van der Waals surface area contributed by atoms with Crippen molar-refractivity contribution in [3.05, 3.63) is 58.0 Å². The van der Waals surface area contributed by atoms with Crippen LogP contribution in [0.25, 0.3) is 0 Å². The largest absolute Gasteiger partial charge is 0.429 e. The Morgan fingerprint density at radius 1 is 1.37 bits per heavy atom. The highest BCUT2D eigenvalue weighted by Gasteiger charge is 2.20. The Kier molecular flexibility index (Phi) is 3.67. The van der Waals surface area contributed by atoms with Gasteiger partial charge in [0.15, 0.2) is 5.82 Å². The van der Waals surface area contributed by atoms with Gasteiger partial charge in [-0.1, -0.05) is 12.1 Å². The van der Waals surface area contributed by atoms with Crippen molar-refractivity contribution in [2.24, 2.45) is 5.73 Å². The molecule has 1 aromatic carbocycles. The van der Waals surface area contributed by atoms with E-state index >= 15 is 0 Å². The first kappa shape index (κ1) is 12.9. The van der Waals surface area contributed by atoms with Gasteiger partial charge in [-0.3, -0.25) is 10.1 Å². The zero-order valence-electron chi connectivity index (χ0n) is 9.75. The highest BCUT2D eigenvalue weighted by atomic mass is 19.1. The number of hydrogen-bond acceptors (Lipinski definition) is 5. The lowest BCUT2D eigenvalue weighted by atomic mass is 10.3. The fraction of sp³-hybridized carbons (Fsp3) is 0.0833. The summed E-state index contributed by atoms with van der Waals surface area (Å²) in [6, 6.07) is 6.60. The minimum absolute atomic E-state index is 0.0606. The molecule has 0 fully saturated rings. The number of nitrogens with zero attached hydrogens (tertiary/aromatic N) is 2. The third kappa shape index (κ3) is 2.83. The van der Waals surface area contributed by atoms with Crippen LogP contribution in [0.4, 0.5) is 10.1 Å². The monoisotopic (exact) mass is 263 g/mol. The van der Waals surface area contributed by atoms with E-state index in [9.17, 15) is 14.5 Å². The quantitative estimate of drug-likeness (QED) is 0.675. The minimum Gasteiger partial charge on any atom is -0.429 e. The molecule has 0 saturated carbocycles. The highest BCUT2D eigenvalue weighted by Crippen LogP contribution is 2.32. The van der Waals surface area contributed by atoms with Crippen LogP contribution in [0.1, 0.15) is 5.56 Å². The van der Waals surface area contributed by atoms with Crippen molar-refractivity contribution in [3.63, 3.8) is 0 Å². The topological polar surface area (TPSA) is 91.3 Å². The van der Waals surface area contributed by atoms with Crippen molar-refractivity contribution in [1.82, 2.24) is 4.98 Å².